The molecule has 5 heteroatoms. The predicted molar refractivity (Wildman–Crippen MR) is 84.0 cm³/mol. The van der Waals surface area contributed by atoms with Gasteiger partial charge < -0.3 is 20.7 Å². The van der Waals surface area contributed by atoms with E-state index in [1.807, 2.05) is 20.8 Å². The Bertz CT molecular complexity index is 404. The lowest BCUT2D eigenvalue weighted by Crippen LogP contribution is -2.76. The van der Waals surface area contributed by atoms with Gasteiger partial charge in [-0.3, -0.25) is 4.79 Å². The van der Waals surface area contributed by atoms with E-state index in [-0.39, 0.29) is 23.0 Å². The molecule has 2 saturated carbocycles. The topological polar surface area (TPSA) is 67.6 Å². The summed E-state index contributed by atoms with van der Waals surface area (Å²) in [5, 5.41) is 3.11. The number of carbonyl (C=O) groups is 1. The highest BCUT2D eigenvalue weighted by atomic mass is 16.5. The fourth-order valence-electron chi connectivity index (χ4n) is 3.59. The molecule has 0 aromatic carbocycles. The zero-order valence-electron chi connectivity index (χ0n) is 14.2. The second-order valence-electron chi connectivity index (χ2n) is 7.50. The van der Waals surface area contributed by atoms with E-state index in [2.05, 4.69) is 24.3 Å². The highest BCUT2D eigenvalue weighted by molar-refractivity contribution is 5.88. The summed E-state index contributed by atoms with van der Waals surface area (Å²) in [6.07, 6.45) is 4.20. The standard InChI is InChI=1S/C16H31N3O2/c1-6-21-12-10-16(17,14(12,2)3)13(20)18-11-15(19(4)5)8-7-9-15/h12H,6-11,17H2,1-5H3,(H,18,20). The Morgan fingerprint density at radius 3 is 2.38 bits per heavy atom. The second kappa shape index (κ2) is 5.52. The lowest BCUT2D eigenvalue weighted by Gasteiger charge is -2.58. The zero-order valence-corrected chi connectivity index (χ0v) is 14.2. The average Bonchev–Trinajstić information content (AvgIpc) is 2.36. The van der Waals surface area contributed by atoms with Gasteiger partial charge in [-0.1, -0.05) is 13.8 Å². The van der Waals surface area contributed by atoms with Gasteiger partial charge in [0.2, 0.25) is 5.91 Å². The molecule has 0 aromatic heterocycles. The quantitative estimate of drug-likeness (QED) is 0.771. The van der Waals surface area contributed by atoms with E-state index < -0.39 is 5.54 Å². The molecule has 1 amide bonds. The maximum Gasteiger partial charge on any atom is 0.240 e. The minimum absolute atomic E-state index is 0.0309. The van der Waals surface area contributed by atoms with Crippen LogP contribution in [-0.2, 0) is 9.53 Å². The lowest BCUT2D eigenvalue weighted by molar-refractivity contribution is -0.171. The first-order valence-electron chi connectivity index (χ1n) is 8.06. The van der Waals surface area contributed by atoms with Crippen LogP contribution in [0.1, 0.15) is 46.5 Å². The molecule has 0 aliphatic heterocycles. The average molecular weight is 297 g/mol. The molecule has 3 N–H and O–H groups in total. The molecule has 2 rings (SSSR count). The van der Waals surface area contributed by atoms with Gasteiger partial charge in [-0.15, -0.1) is 0 Å². The second-order valence-corrected chi connectivity index (χ2v) is 7.50. The third kappa shape index (κ3) is 2.49. The third-order valence-corrected chi connectivity index (χ3v) is 6.05. The van der Waals surface area contributed by atoms with Crippen LogP contribution in [0.3, 0.4) is 0 Å². The zero-order chi connectivity index (χ0) is 15.9. The Balaban J connectivity index is 1.95. The van der Waals surface area contributed by atoms with Gasteiger partial charge in [-0.2, -0.15) is 0 Å². The van der Waals surface area contributed by atoms with Crippen molar-refractivity contribution < 1.29 is 9.53 Å². The van der Waals surface area contributed by atoms with Gasteiger partial charge in [0.15, 0.2) is 0 Å². The first-order valence-corrected chi connectivity index (χ1v) is 8.06. The molecule has 0 saturated heterocycles. The van der Waals surface area contributed by atoms with E-state index in [1.165, 1.54) is 6.42 Å². The smallest absolute Gasteiger partial charge is 0.240 e. The molecule has 2 unspecified atom stereocenters. The number of nitrogens with zero attached hydrogens (tertiary/aromatic N) is 1. The summed E-state index contributed by atoms with van der Waals surface area (Å²) in [5.74, 6) is -0.0309. The fourth-order valence-corrected chi connectivity index (χ4v) is 3.59. The summed E-state index contributed by atoms with van der Waals surface area (Å²) in [4.78, 5) is 14.8. The number of amides is 1. The number of ether oxygens (including phenoxy) is 1. The van der Waals surface area contributed by atoms with Crippen molar-refractivity contribution in [1.82, 2.24) is 10.2 Å². The normalized spacial score (nSPS) is 33.2. The minimum Gasteiger partial charge on any atom is -0.378 e. The monoisotopic (exact) mass is 297 g/mol. The molecule has 2 fully saturated rings. The van der Waals surface area contributed by atoms with Crippen LogP contribution in [-0.4, -0.2) is 55.2 Å². The molecule has 2 aliphatic rings. The maximum absolute atomic E-state index is 12.6. The summed E-state index contributed by atoms with van der Waals surface area (Å²) in [6.45, 7) is 7.38. The molecule has 2 atom stereocenters. The Kier molecular flexibility index (Phi) is 4.40. The van der Waals surface area contributed by atoms with Crippen LogP contribution >= 0.6 is 0 Å². The van der Waals surface area contributed by atoms with E-state index in [4.69, 9.17) is 10.5 Å². The van der Waals surface area contributed by atoms with Crippen molar-refractivity contribution in [1.29, 1.82) is 0 Å². The summed E-state index contributed by atoms with van der Waals surface area (Å²) in [5.41, 5.74) is 5.39. The van der Waals surface area contributed by atoms with E-state index in [9.17, 15) is 4.79 Å². The van der Waals surface area contributed by atoms with Crippen molar-refractivity contribution in [3.8, 4) is 0 Å². The largest absolute Gasteiger partial charge is 0.378 e. The van der Waals surface area contributed by atoms with Gasteiger partial charge in [0, 0.05) is 30.5 Å². The molecule has 21 heavy (non-hydrogen) atoms. The van der Waals surface area contributed by atoms with E-state index in [1.54, 1.807) is 0 Å². The van der Waals surface area contributed by atoms with Crippen molar-refractivity contribution in [2.24, 2.45) is 11.1 Å². The SMILES string of the molecule is CCOC1CC(N)(C(=O)NCC2(N(C)C)CCC2)C1(C)C. The summed E-state index contributed by atoms with van der Waals surface area (Å²) in [6, 6.07) is 0. The van der Waals surface area contributed by atoms with E-state index in [0.29, 0.717) is 19.6 Å². The highest BCUT2D eigenvalue weighted by Crippen LogP contribution is 2.50. The van der Waals surface area contributed by atoms with Crippen LogP contribution in [0.4, 0.5) is 0 Å². The van der Waals surface area contributed by atoms with Crippen LogP contribution in [0.25, 0.3) is 0 Å². The molecule has 0 spiro atoms. The van der Waals surface area contributed by atoms with Gasteiger partial charge in [0.05, 0.1) is 6.10 Å². The fraction of sp³-hybridized carbons (Fsp3) is 0.938. The van der Waals surface area contributed by atoms with Crippen molar-refractivity contribution >= 4 is 5.91 Å². The Labute approximate surface area is 128 Å². The number of likely N-dealkylation sites (N-methyl/N-ethyl adjacent to an activating group) is 1. The van der Waals surface area contributed by atoms with Crippen LogP contribution in [0, 0.1) is 5.41 Å². The molecule has 122 valence electrons. The van der Waals surface area contributed by atoms with Crippen LogP contribution in [0.2, 0.25) is 0 Å². The number of hydrogen-bond donors (Lipinski definition) is 2. The molecule has 0 bridgehead atoms. The van der Waals surface area contributed by atoms with Gasteiger partial charge in [-0.05, 0) is 40.3 Å². The first-order chi connectivity index (χ1) is 9.69. The molecule has 2 aliphatic carbocycles. The van der Waals surface area contributed by atoms with Crippen molar-refractivity contribution in [3.05, 3.63) is 0 Å². The Morgan fingerprint density at radius 2 is 2.00 bits per heavy atom. The third-order valence-electron chi connectivity index (χ3n) is 6.05. The number of hydrogen-bond acceptors (Lipinski definition) is 4. The van der Waals surface area contributed by atoms with Gasteiger partial charge >= 0.3 is 0 Å². The molecule has 0 radical (unpaired) electrons. The summed E-state index contributed by atoms with van der Waals surface area (Å²) < 4.78 is 5.69. The number of nitrogens with one attached hydrogen (secondary N) is 1. The van der Waals surface area contributed by atoms with Crippen LogP contribution in [0.5, 0.6) is 0 Å². The number of nitrogens with two attached hydrogens (primary N) is 1. The van der Waals surface area contributed by atoms with Crippen LogP contribution < -0.4 is 11.1 Å². The molecular weight excluding hydrogens is 266 g/mol. The molecule has 0 aromatic rings. The van der Waals surface area contributed by atoms with Crippen LogP contribution in [0.15, 0.2) is 0 Å². The number of carbonyl (C=O) groups excluding carboxylic acids is 1. The number of rotatable bonds is 6. The van der Waals surface area contributed by atoms with Crippen molar-refractivity contribution in [2.45, 2.75) is 63.6 Å². The van der Waals surface area contributed by atoms with Gasteiger partial charge in [-0.25, -0.2) is 0 Å². The molecule has 5 nitrogen and oxygen atoms in total. The summed E-state index contributed by atoms with van der Waals surface area (Å²) >= 11 is 0. The van der Waals surface area contributed by atoms with Crippen molar-refractivity contribution in [3.63, 3.8) is 0 Å². The van der Waals surface area contributed by atoms with E-state index >= 15 is 0 Å². The minimum atomic E-state index is -0.815. The molecule has 0 heterocycles. The summed E-state index contributed by atoms with van der Waals surface area (Å²) in [7, 11) is 4.17. The van der Waals surface area contributed by atoms with Crippen molar-refractivity contribution in [2.75, 3.05) is 27.2 Å². The maximum atomic E-state index is 12.6. The van der Waals surface area contributed by atoms with Gasteiger partial charge in [0.25, 0.3) is 0 Å². The molecular formula is C16H31N3O2. The van der Waals surface area contributed by atoms with E-state index in [0.717, 1.165) is 12.8 Å². The lowest BCUT2D eigenvalue weighted by atomic mass is 9.54. The Hall–Kier alpha value is -0.650. The van der Waals surface area contributed by atoms with Gasteiger partial charge in [0.1, 0.15) is 5.54 Å². The first kappa shape index (κ1) is 16.7. The predicted octanol–water partition coefficient (Wildman–Crippen LogP) is 1.12. The Morgan fingerprint density at radius 1 is 1.38 bits per heavy atom. The highest BCUT2D eigenvalue weighted by Gasteiger charge is 2.63.